The fourth-order valence-electron chi connectivity index (χ4n) is 2.00. The highest BCUT2D eigenvalue weighted by Gasteiger charge is 2.26. The first kappa shape index (κ1) is 14.2. The van der Waals surface area contributed by atoms with Crippen molar-refractivity contribution in [3.05, 3.63) is 40.5 Å². The van der Waals surface area contributed by atoms with Gasteiger partial charge in [0.1, 0.15) is 11.6 Å². The van der Waals surface area contributed by atoms with Crippen LogP contribution in [0.2, 0.25) is 0 Å². The highest BCUT2D eigenvalue weighted by atomic mass is 79.9. The minimum atomic E-state index is -0.440. The molecular weight excluding hydrogens is 309 g/mol. The Kier molecular flexibility index (Phi) is 4.06. The van der Waals surface area contributed by atoms with Gasteiger partial charge in [0.15, 0.2) is 0 Å². The first-order valence-corrected chi connectivity index (χ1v) is 7.09. The normalized spacial score (nSPS) is 11.8. The molecule has 3 N–H and O–H groups in total. The van der Waals surface area contributed by atoms with Gasteiger partial charge in [0.25, 0.3) is 0 Å². The van der Waals surface area contributed by atoms with E-state index in [4.69, 9.17) is 5.73 Å². The summed E-state index contributed by atoms with van der Waals surface area (Å²) in [6.45, 7) is 4.08. The molecule has 1 aromatic carbocycles. The van der Waals surface area contributed by atoms with Crippen LogP contribution in [0.5, 0.6) is 0 Å². The molecule has 0 atom stereocenters. The smallest absolute Gasteiger partial charge is 0.126 e. The van der Waals surface area contributed by atoms with Gasteiger partial charge in [0.05, 0.1) is 17.4 Å². The maximum Gasteiger partial charge on any atom is 0.126 e. The summed E-state index contributed by atoms with van der Waals surface area (Å²) in [7, 11) is 0. The van der Waals surface area contributed by atoms with Crippen molar-refractivity contribution in [2.24, 2.45) is 5.73 Å². The van der Waals surface area contributed by atoms with Gasteiger partial charge >= 0.3 is 0 Å². The third kappa shape index (κ3) is 2.72. The van der Waals surface area contributed by atoms with E-state index in [1.165, 1.54) is 12.1 Å². The summed E-state index contributed by atoms with van der Waals surface area (Å²) in [5.41, 5.74) is 7.57. The minimum Gasteiger partial charge on any atom is -0.340 e. The van der Waals surface area contributed by atoms with Crippen molar-refractivity contribution in [1.82, 2.24) is 9.97 Å². The number of hydrogen-bond donors (Lipinski definition) is 2. The topological polar surface area (TPSA) is 54.7 Å². The van der Waals surface area contributed by atoms with Crippen LogP contribution in [0.4, 0.5) is 4.39 Å². The summed E-state index contributed by atoms with van der Waals surface area (Å²) in [6.07, 6.45) is 3.35. The van der Waals surface area contributed by atoms with Gasteiger partial charge in [-0.05, 0) is 47.0 Å². The molecule has 0 aliphatic carbocycles. The van der Waals surface area contributed by atoms with Crippen molar-refractivity contribution in [2.75, 3.05) is 0 Å². The second-order valence-corrected chi connectivity index (χ2v) is 5.49. The molecule has 0 bridgehead atoms. The molecule has 0 radical (unpaired) electrons. The summed E-state index contributed by atoms with van der Waals surface area (Å²) in [6, 6.07) is 4.58. The predicted octanol–water partition coefficient (Wildman–Crippen LogP) is 3.95. The van der Waals surface area contributed by atoms with Gasteiger partial charge in [-0.2, -0.15) is 0 Å². The van der Waals surface area contributed by atoms with Gasteiger partial charge in [-0.15, -0.1) is 0 Å². The zero-order valence-electron chi connectivity index (χ0n) is 11.0. The van der Waals surface area contributed by atoms with Crippen molar-refractivity contribution >= 4 is 15.9 Å². The van der Waals surface area contributed by atoms with Gasteiger partial charge in [-0.25, -0.2) is 9.37 Å². The van der Waals surface area contributed by atoms with Crippen LogP contribution in [0.3, 0.4) is 0 Å². The van der Waals surface area contributed by atoms with Crippen LogP contribution in [0.1, 0.15) is 32.5 Å². The SMILES string of the molecule is CCC(N)(CC)c1ncc(-c2ccc(F)cc2Br)[nH]1. The molecule has 0 saturated heterocycles. The van der Waals surface area contributed by atoms with E-state index in [2.05, 4.69) is 25.9 Å². The van der Waals surface area contributed by atoms with E-state index in [1.54, 1.807) is 12.3 Å². The molecule has 0 saturated carbocycles. The summed E-state index contributed by atoms with van der Waals surface area (Å²) in [5.74, 6) is 0.495. The Balaban J connectivity index is 2.41. The number of aromatic nitrogens is 2. The third-order valence-corrected chi connectivity index (χ3v) is 4.19. The molecule has 0 unspecified atom stereocenters. The van der Waals surface area contributed by atoms with E-state index in [0.29, 0.717) is 4.47 Å². The van der Waals surface area contributed by atoms with Crippen molar-refractivity contribution in [3.63, 3.8) is 0 Å². The molecule has 2 rings (SSSR count). The lowest BCUT2D eigenvalue weighted by atomic mass is 9.93. The zero-order chi connectivity index (χ0) is 14.0. The second kappa shape index (κ2) is 5.43. The molecule has 5 heteroatoms. The molecule has 1 heterocycles. The fraction of sp³-hybridized carbons (Fsp3) is 0.357. The Morgan fingerprint density at radius 1 is 1.37 bits per heavy atom. The van der Waals surface area contributed by atoms with E-state index in [-0.39, 0.29) is 5.82 Å². The molecule has 0 fully saturated rings. The molecule has 0 spiro atoms. The number of imidazole rings is 1. The second-order valence-electron chi connectivity index (χ2n) is 4.63. The summed E-state index contributed by atoms with van der Waals surface area (Å²) in [5, 5.41) is 0. The number of aromatic amines is 1. The molecule has 0 amide bonds. The zero-order valence-corrected chi connectivity index (χ0v) is 12.6. The van der Waals surface area contributed by atoms with Crippen LogP contribution in [-0.4, -0.2) is 9.97 Å². The minimum absolute atomic E-state index is 0.273. The molecule has 2 aromatic rings. The average Bonchev–Trinajstić information content (AvgIpc) is 2.88. The molecule has 102 valence electrons. The van der Waals surface area contributed by atoms with E-state index in [1.807, 2.05) is 13.8 Å². The van der Waals surface area contributed by atoms with Crippen LogP contribution >= 0.6 is 15.9 Å². The van der Waals surface area contributed by atoms with Crippen LogP contribution in [0, 0.1) is 5.82 Å². The Bertz CT molecular complexity index is 576. The maximum atomic E-state index is 13.1. The van der Waals surface area contributed by atoms with E-state index in [9.17, 15) is 4.39 Å². The van der Waals surface area contributed by atoms with Gasteiger partial charge < -0.3 is 10.7 Å². The molecule has 1 aromatic heterocycles. The molecule has 0 aliphatic heterocycles. The number of halogens is 2. The maximum absolute atomic E-state index is 13.1. The van der Waals surface area contributed by atoms with Crippen LogP contribution < -0.4 is 5.73 Å². The van der Waals surface area contributed by atoms with E-state index >= 15 is 0 Å². The lowest BCUT2D eigenvalue weighted by Crippen LogP contribution is -2.36. The largest absolute Gasteiger partial charge is 0.340 e. The first-order chi connectivity index (χ1) is 9.00. The Morgan fingerprint density at radius 3 is 2.63 bits per heavy atom. The standard InChI is InChI=1S/C14H17BrFN3/c1-3-14(17,4-2)13-18-8-12(19-13)10-6-5-9(16)7-11(10)15/h5-8H,3-4,17H2,1-2H3,(H,18,19). The predicted molar refractivity (Wildman–Crippen MR) is 78.1 cm³/mol. The molecule has 0 aliphatic rings. The fourth-order valence-corrected chi connectivity index (χ4v) is 2.57. The van der Waals surface area contributed by atoms with Gasteiger partial charge in [-0.3, -0.25) is 0 Å². The quantitative estimate of drug-likeness (QED) is 0.894. The number of H-pyrrole nitrogens is 1. The average molecular weight is 326 g/mol. The highest BCUT2D eigenvalue weighted by Crippen LogP contribution is 2.30. The van der Waals surface area contributed by atoms with Crippen molar-refractivity contribution in [3.8, 4) is 11.3 Å². The number of nitrogens with zero attached hydrogens (tertiary/aromatic N) is 1. The van der Waals surface area contributed by atoms with E-state index in [0.717, 1.165) is 29.9 Å². The number of rotatable bonds is 4. The molecule has 3 nitrogen and oxygen atoms in total. The van der Waals surface area contributed by atoms with Gasteiger partial charge in [-0.1, -0.05) is 13.8 Å². The van der Waals surface area contributed by atoms with Crippen LogP contribution in [-0.2, 0) is 5.54 Å². The number of hydrogen-bond acceptors (Lipinski definition) is 2. The highest BCUT2D eigenvalue weighted by molar-refractivity contribution is 9.10. The van der Waals surface area contributed by atoms with Crippen molar-refractivity contribution in [2.45, 2.75) is 32.2 Å². The van der Waals surface area contributed by atoms with Crippen LogP contribution in [0.25, 0.3) is 11.3 Å². The number of nitrogens with two attached hydrogens (primary N) is 1. The Labute approximate surface area is 120 Å². The first-order valence-electron chi connectivity index (χ1n) is 6.30. The van der Waals surface area contributed by atoms with Gasteiger partial charge in [0.2, 0.25) is 0 Å². The van der Waals surface area contributed by atoms with Crippen molar-refractivity contribution in [1.29, 1.82) is 0 Å². The summed E-state index contributed by atoms with van der Waals surface area (Å²) < 4.78 is 13.8. The van der Waals surface area contributed by atoms with Crippen molar-refractivity contribution < 1.29 is 4.39 Å². The van der Waals surface area contributed by atoms with Crippen LogP contribution in [0.15, 0.2) is 28.9 Å². The van der Waals surface area contributed by atoms with Gasteiger partial charge in [0, 0.05) is 10.0 Å². The monoisotopic (exact) mass is 325 g/mol. The third-order valence-electron chi connectivity index (χ3n) is 3.53. The summed E-state index contributed by atoms with van der Waals surface area (Å²) in [4.78, 5) is 7.62. The Hall–Kier alpha value is -1.20. The number of nitrogens with one attached hydrogen (secondary N) is 1. The molecular formula is C14H17BrFN3. The summed E-state index contributed by atoms with van der Waals surface area (Å²) >= 11 is 3.36. The lowest BCUT2D eigenvalue weighted by molar-refractivity contribution is 0.391. The molecule has 19 heavy (non-hydrogen) atoms. The lowest BCUT2D eigenvalue weighted by Gasteiger charge is -2.23. The Morgan fingerprint density at radius 2 is 2.05 bits per heavy atom. The number of benzene rings is 1. The van der Waals surface area contributed by atoms with E-state index < -0.39 is 5.54 Å².